The van der Waals surface area contributed by atoms with Crippen molar-refractivity contribution in [3.05, 3.63) is 101 Å². The van der Waals surface area contributed by atoms with E-state index >= 15 is 0 Å². The third kappa shape index (κ3) is 7.47. The van der Waals surface area contributed by atoms with Gasteiger partial charge in [-0.3, -0.25) is 0 Å². The van der Waals surface area contributed by atoms with Crippen LogP contribution in [0.25, 0.3) is 0 Å². The minimum atomic E-state index is -4.07. The van der Waals surface area contributed by atoms with Crippen molar-refractivity contribution in [3.8, 4) is 0 Å². The summed E-state index contributed by atoms with van der Waals surface area (Å²) in [6, 6.07) is 21.0. The van der Waals surface area contributed by atoms with Gasteiger partial charge in [0.2, 0.25) is 5.96 Å². The molecule has 0 aliphatic carbocycles. The maximum atomic E-state index is 13.7. The van der Waals surface area contributed by atoms with Gasteiger partial charge in [0.1, 0.15) is 5.82 Å². The Morgan fingerprint density at radius 3 is 2.31 bits per heavy atom. The lowest BCUT2D eigenvalue weighted by atomic mass is 9.91. The standard InChI is InChI=1S/C26H29FN6O4S2/c1-18-8-14-23(15-9-18)38(34,35)32-26(29-16-19(2)31-39(28,36)37)33-17-24(20-6-4-3-5-7-20)25(30-33)21-10-12-22(27)13-11-21/h3-15,19,24,31H,16-17H2,1-2H3,(H,29,32)(H2,28,36,37)/t19-,24-/m1/s1. The lowest BCUT2D eigenvalue weighted by Gasteiger charge is -2.20. The number of hydrazone groups is 1. The van der Waals surface area contributed by atoms with Crippen LogP contribution in [0.3, 0.4) is 0 Å². The molecule has 3 aromatic rings. The van der Waals surface area contributed by atoms with Crippen LogP contribution in [0.2, 0.25) is 0 Å². The van der Waals surface area contributed by atoms with E-state index in [0.29, 0.717) is 11.3 Å². The van der Waals surface area contributed by atoms with E-state index in [1.807, 2.05) is 37.3 Å². The summed E-state index contributed by atoms with van der Waals surface area (Å²) >= 11 is 0. The van der Waals surface area contributed by atoms with E-state index < -0.39 is 32.1 Å². The summed E-state index contributed by atoms with van der Waals surface area (Å²) in [5.41, 5.74) is 3.08. The molecular weight excluding hydrogens is 543 g/mol. The number of guanidine groups is 1. The minimum absolute atomic E-state index is 0.0260. The van der Waals surface area contributed by atoms with Crippen LogP contribution in [0.15, 0.2) is 93.9 Å². The highest BCUT2D eigenvalue weighted by Gasteiger charge is 2.33. The molecule has 10 nitrogen and oxygen atoms in total. The van der Waals surface area contributed by atoms with Crippen molar-refractivity contribution in [1.82, 2.24) is 14.5 Å². The Balaban J connectivity index is 1.73. The molecule has 13 heteroatoms. The highest BCUT2D eigenvalue weighted by atomic mass is 32.2. The van der Waals surface area contributed by atoms with Gasteiger partial charge in [0, 0.05) is 12.0 Å². The Labute approximate surface area is 227 Å². The number of hydrogen-bond acceptors (Lipinski definition) is 6. The van der Waals surface area contributed by atoms with Gasteiger partial charge in [-0.15, -0.1) is 0 Å². The topological polar surface area (TPSA) is 146 Å². The maximum absolute atomic E-state index is 13.7. The predicted molar refractivity (Wildman–Crippen MR) is 148 cm³/mol. The Hall–Kier alpha value is -3.65. The molecule has 1 aliphatic rings. The van der Waals surface area contributed by atoms with Gasteiger partial charge in [-0.2, -0.15) is 18.2 Å². The highest BCUT2D eigenvalue weighted by molar-refractivity contribution is 7.90. The van der Waals surface area contributed by atoms with Gasteiger partial charge in [0.05, 0.1) is 23.7 Å². The zero-order valence-corrected chi connectivity index (χ0v) is 23.0. The van der Waals surface area contributed by atoms with Crippen molar-refractivity contribution in [2.75, 3.05) is 13.1 Å². The van der Waals surface area contributed by atoms with Gasteiger partial charge >= 0.3 is 0 Å². The fraction of sp³-hybridized carbons (Fsp3) is 0.231. The molecular formula is C26H29FN6O4S2. The molecule has 2 atom stereocenters. The van der Waals surface area contributed by atoms with Crippen molar-refractivity contribution in [2.24, 2.45) is 15.2 Å². The lowest BCUT2D eigenvalue weighted by Crippen LogP contribution is -2.43. The molecule has 206 valence electrons. The second-order valence-corrected chi connectivity index (χ2v) is 12.2. The van der Waals surface area contributed by atoms with E-state index in [0.717, 1.165) is 11.1 Å². The molecule has 0 amide bonds. The summed E-state index contributed by atoms with van der Waals surface area (Å²) in [5.74, 6) is -0.780. The molecule has 4 N–H and O–H groups in total. The third-order valence-electron chi connectivity index (χ3n) is 5.94. The van der Waals surface area contributed by atoms with Crippen LogP contribution in [0.4, 0.5) is 4.39 Å². The molecule has 3 aromatic carbocycles. The largest absolute Gasteiger partial charge is 0.274 e. The third-order valence-corrected chi connectivity index (χ3v) is 8.01. The molecule has 0 unspecified atom stereocenters. The number of nitrogens with two attached hydrogens (primary N) is 1. The number of halogens is 1. The average molecular weight is 573 g/mol. The normalized spacial score (nSPS) is 17.1. The van der Waals surface area contributed by atoms with Crippen LogP contribution in [0, 0.1) is 12.7 Å². The number of aryl methyl sites for hydroxylation is 1. The molecule has 0 bridgehead atoms. The van der Waals surface area contributed by atoms with Crippen LogP contribution < -0.4 is 14.6 Å². The van der Waals surface area contributed by atoms with Gasteiger partial charge in [-0.05, 0) is 49.2 Å². The fourth-order valence-corrected chi connectivity index (χ4v) is 5.72. The summed E-state index contributed by atoms with van der Waals surface area (Å²) in [6.45, 7) is 3.49. The summed E-state index contributed by atoms with van der Waals surface area (Å²) in [4.78, 5) is 4.42. The number of hydrogen-bond donors (Lipinski definition) is 3. The summed E-state index contributed by atoms with van der Waals surface area (Å²) < 4.78 is 67.9. The van der Waals surface area contributed by atoms with Crippen molar-refractivity contribution in [3.63, 3.8) is 0 Å². The Morgan fingerprint density at radius 2 is 1.69 bits per heavy atom. The number of rotatable bonds is 8. The van der Waals surface area contributed by atoms with E-state index in [4.69, 9.17) is 10.2 Å². The molecule has 0 spiro atoms. The zero-order chi connectivity index (χ0) is 28.2. The molecule has 0 saturated carbocycles. The van der Waals surface area contributed by atoms with Gasteiger partial charge < -0.3 is 0 Å². The SMILES string of the molecule is Cc1ccc(S(=O)(=O)NC(=NC[C@@H](C)NS(N)(=O)=O)N2C[C@H](c3ccccc3)C(c3ccc(F)cc3)=N2)cc1. The molecule has 0 radical (unpaired) electrons. The molecule has 0 saturated heterocycles. The van der Waals surface area contributed by atoms with Crippen LogP contribution in [0.5, 0.6) is 0 Å². The Morgan fingerprint density at radius 1 is 1.05 bits per heavy atom. The van der Waals surface area contributed by atoms with E-state index in [9.17, 15) is 21.2 Å². The minimum Gasteiger partial charge on any atom is -0.249 e. The number of nitrogens with zero attached hydrogens (tertiary/aromatic N) is 3. The number of sulfonamides is 1. The van der Waals surface area contributed by atoms with Gasteiger partial charge in [0.25, 0.3) is 20.2 Å². The van der Waals surface area contributed by atoms with Crippen molar-refractivity contribution >= 4 is 31.9 Å². The van der Waals surface area contributed by atoms with Crippen molar-refractivity contribution in [1.29, 1.82) is 0 Å². The Bertz CT molecular complexity index is 1580. The monoisotopic (exact) mass is 572 g/mol. The quantitative estimate of drug-likeness (QED) is 0.280. The van der Waals surface area contributed by atoms with Gasteiger partial charge in [-0.25, -0.2) is 32.7 Å². The fourth-order valence-electron chi connectivity index (χ4n) is 4.07. The van der Waals surface area contributed by atoms with Crippen molar-refractivity contribution in [2.45, 2.75) is 30.7 Å². The summed E-state index contributed by atoms with van der Waals surface area (Å²) in [6.07, 6.45) is 0. The van der Waals surface area contributed by atoms with E-state index in [2.05, 4.69) is 14.4 Å². The van der Waals surface area contributed by atoms with E-state index in [-0.39, 0.29) is 29.9 Å². The second-order valence-electron chi connectivity index (χ2n) is 9.18. The molecule has 0 aromatic heterocycles. The lowest BCUT2D eigenvalue weighted by molar-refractivity contribution is 0.459. The first-order chi connectivity index (χ1) is 18.4. The first-order valence-electron chi connectivity index (χ1n) is 12.0. The molecule has 0 fully saturated rings. The molecule has 39 heavy (non-hydrogen) atoms. The molecule has 1 heterocycles. The number of benzene rings is 3. The predicted octanol–water partition coefficient (Wildman–Crippen LogP) is 2.45. The van der Waals surface area contributed by atoms with E-state index in [1.165, 1.54) is 29.3 Å². The average Bonchev–Trinajstić information content (AvgIpc) is 3.32. The summed E-state index contributed by atoms with van der Waals surface area (Å²) in [7, 11) is -8.07. The van der Waals surface area contributed by atoms with Crippen LogP contribution in [-0.4, -0.2) is 52.6 Å². The first-order valence-corrected chi connectivity index (χ1v) is 15.0. The second kappa shape index (κ2) is 11.6. The van der Waals surface area contributed by atoms with Crippen LogP contribution >= 0.6 is 0 Å². The molecule has 4 rings (SSSR count). The van der Waals surface area contributed by atoms with Crippen LogP contribution in [-0.2, 0) is 20.2 Å². The van der Waals surface area contributed by atoms with Crippen LogP contribution in [0.1, 0.15) is 29.5 Å². The maximum Gasteiger partial charge on any atom is 0.274 e. The zero-order valence-electron chi connectivity index (χ0n) is 21.3. The van der Waals surface area contributed by atoms with Gasteiger partial charge in [0.15, 0.2) is 0 Å². The van der Waals surface area contributed by atoms with Crippen molar-refractivity contribution < 1.29 is 21.2 Å². The first kappa shape index (κ1) is 28.4. The Kier molecular flexibility index (Phi) is 8.45. The number of nitrogens with one attached hydrogen (secondary N) is 2. The highest BCUT2D eigenvalue weighted by Crippen LogP contribution is 2.29. The smallest absolute Gasteiger partial charge is 0.249 e. The number of aliphatic imine (C=N–C) groups is 1. The molecule has 1 aliphatic heterocycles. The van der Waals surface area contributed by atoms with E-state index in [1.54, 1.807) is 31.2 Å². The summed E-state index contributed by atoms with van der Waals surface area (Å²) in [5, 5.41) is 11.2. The van der Waals surface area contributed by atoms with Gasteiger partial charge in [-0.1, -0.05) is 60.2 Å².